The zero-order valence-corrected chi connectivity index (χ0v) is 15.6. The zero-order valence-electron chi connectivity index (χ0n) is 15.6. The molecule has 0 radical (unpaired) electrons. The van der Waals surface area contributed by atoms with Crippen LogP contribution in [-0.2, 0) is 9.47 Å². The highest BCUT2D eigenvalue weighted by Gasteiger charge is 2.31. The molecule has 2 saturated heterocycles. The van der Waals surface area contributed by atoms with Gasteiger partial charge in [-0.1, -0.05) is 0 Å². The number of carbonyl (C=O) groups excluding carboxylic acids is 2. The zero-order chi connectivity index (χ0) is 19.1. The Bertz CT molecular complexity index is 870. The van der Waals surface area contributed by atoms with Gasteiger partial charge in [-0.3, -0.25) is 9.59 Å². The van der Waals surface area contributed by atoms with Gasteiger partial charge in [-0.25, -0.2) is 0 Å². The van der Waals surface area contributed by atoms with E-state index >= 15 is 0 Å². The van der Waals surface area contributed by atoms with E-state index in [1.165, 1.54) is 0 Å². The number of rotatable bonds is 2. The van der Waals surface area contributed by atoms with Crippen molar-refractivity contribution in [3.8, 4) is 0 Å². The molecule has 2 aromatic carbocycles. The molecule has 6 heteroatoms. The van der Waals surface area contributed by atoms with E-state index in [0.717, 1.165) is 37.6 Å². The summed E-state index contributed by atoms with van der Waals surface area (Å²) in [6, 6.07) is 11.2. The third kappa shape index (κ3) is 2.89. The number of carbonyl (C=O) groups is 2. The number of benzene rings is 2. The lowest BCUT2D eigenvalue weighted by molar-refractivity contribution is 0.0979. The summed E-state index contributed by atoms with van der Waals surface area (Å²) in [6.07, 6.45) is 0. The highest BCUT2D eigenvalue weighted by Crippen LogP contribution is 2.32. The smallest absolute Gasteiger partial charge is 0.194 e. The number of ether oxygens (including phenoxy) is 2. The van der Waals surface area contributed by atoms with Crippen LogP contribution in [0.15, 0.2) is 36.4 Å². The number of fused-ring (bicyclic) bond motifs is 2. The Morgan fingerprint density at radius 2 is 0.964 bits per heavy atom. The molecule has 0 bridgehead atoms. The van der Waals surface area contributed by atoms with Crippen molar-refractivity contribution in [2.45, 2.75) is 0 Å². The Morgan fingerprint density at radius 1 is 0.571 bits per heavy atom. The highest BCUT2D eigenvalue weighted by atomic mass is 16.5. The van der Waals surface area contributed by atoms with Crippen LogP contribution < -0.4 is 9.80 Å². The molecule has 2 fully saturated rings. The second kappa shape index (κ2) is 7.04. The molecule has 2 aromatic rings. The van der Waals surface area contributed by atoms with E-state index in [4.69, 9.17) is 9.47 Å². The minimum atomic E-state index is -0.0772. The Morgan fingerprint density at radius 3 is 1.39 bits per heavy atom. The molecule has 28 heavy (non-hydrogen) atoms. The Hall–Kier alpha value is -2.70. The summed E-state index contributed by atoms with van der Waals surface area (Å²) < 4.78 is 10.8. The number of ketones is 2. The molecule has 2 aliphatic heterocycles. The number of morpholine rings is 2. The van der Waals surface area contributed by atoms with E-state index in [1.54, 1.807) is 12.1 Å². The van der Waals surface area contributed by atoms with E-state index in [9.17, 15) is 9.59 Å². The van der Waals surface area contributed by atoms with Gasteiger partial charge in [0.15, 0.2) is 11.6 Å². The predicted molar refractivity (Wildman–Crippen MR) is 106 cm³/mol. The van der Waals surface area contributed by atoms with Crippen LogP contribution in [0.2, 0.25) is 0 Å². The second-order valence-corrected chi connectivity index (χ2v) is 7.32. The predicted octanol–water partition coefficient (Wildman–Crippen LogP) is 2.14. The molecular weight excluding hydrogens is 356 g/mol. The van der Waals surface area contributed by atoms with E-state index in [1.807, 2.05) is 24.3 Å². The fourth-order valence-corrected chi connectivity index (χ4v) is 4.16. The maximum Gasteiger partial charge on any atom is 0.194 e. The standard InChI is InChI=1S/C22H22N2O4/c25-21-17-3-1-15(23-5-9-27-10-6-23)13-19(17)22(26)20-14-16(2-4-18(20)21)24-7-11-28-12-8-24/h1-4,13-14H,5-12H2. The minimum absolute atomic E-state index is 0.0742. The van der Waals surface area contributed by atoms with Crippen molar-refractivity contribution in [2.24, 2.45) is 0 Å². The molecule has 2 heterocycles. The maximum absolute atomic E-state index is 13.3. The second-order valence-electron chi connectivity index (χ2n) is 7.32. The van der Waals surface area contributed by atoms with E-state index in [-0.39, 0.29) is 11.6 Å². The van der Waals surface area contributed by atoms with Crippen molar-refractivity contribution < 1.29 is 19.1 Å². The Labute approximate surface area is 163 Å². The average molecular weight is 378 g/mol. The molecule has 6 nitrogen and oxygen atoms in total. The molecule has 0 spiro atoms. The molecule has 0 N–H and O–H groups in total. The van der Waals surface area contributed by atoms with Crippen molar-refractivity contribution in [1.82, 2.24) is 0 Å². The summed E-state index contributed by atoms with van der Waals surface area (Å²) in [6.45, 7) is 5.87. The molecule has 0 aromatic heterocycles. The highest BCUT2D eigenvalue weighted by molar-refractivity contribution is 6.28. The quantitative estimate of drug-likeness (QED) is 0.681. The normalized spacial score (nSPS) is 19.4. The summed E-state index contributed by atoms with van der Waals surface area (Å²) in [4.78, 5) is 30.7. The van der Waals surface area contributed by atoms with E-state index < -0.39 is 0 Å². The van der Waals surface area contributed by atoms with Gasteiger partial charge < -0.3 is 19.3 Å². The van der Waals surface area contributed by atoms with Crippen LogP contribution in [0, 0.1) is 0 Å². The van der Waals surface area contributed by atoms with Crippen LogP contribution in [0.1, 0.15) is 31.8 Å². The van der Waals surface area contributed by atoms with Gasteiger partial charge in [0.2, 0.25) is 0 Å². The topological polar surface area (TPSA) is 59.1 Å². The molecule has 5 rings (SSSR count). The van der Waals surface area contributed by atoms with Gasteiger partial charge in [-0.15, -0.1) is 0 Å². The van der Waals surface area contributed by atoms with Crippen LogP contribution in [0.5, 0.6) is 0 Å². The number of hydrogen-bond acceptors (Lipinski definition) is 6. The largest absolute Gasteiger partial charge is 0.378 e. The molecule has 0 atom stereocenters. The van der Waals surface area contributed by atoms with Gasteiger partial charge in [0.1, 0.15) is 0 Å². The number of nitrogens with zero attached hydrogens (tertiary/aromatic N) is 2. The summed E-state index contributed by atoms with van der Waals surface area (Å²) in [7, 11) is 0. The van der Waals surface area contributed by atoms with Gasteiger partial charge in [-0.2, -0.15) is 0 Å². The lowest BCUT2D eigenvalue weighted by Crippen LogP contribution is -2.37. The SMILES string of the molecule is O=C1c2ccc(N3CCOCC3)cc2C(=O)c2cc(N3CCOCC3)ccc21. The fraction of sp³-hybridized carbons (Fsp3) is 0.364. The van der Waals surface area contributed by atoms with Crippen LogP contribution in [0.25, 0.3) is 0 Å². The summed E-state index contributed by atoms with van der Waals surface area (Å²) in [5.74, 6) is -0.151. The molecule has 3 aliphatic rings. The van der Waals surface area contributed by atoms with E-state index in [0.29, 0.717) is 48.7 Å². The van der Waals surface area contributed by atoms with Crippen LogP contribution in [-0.4, -0.2) is 64.2 Å². The van der Waals surface area contributed by atoms with Gasteiger partial charge in [0.05, 0.1) is 26.4 Å². The summed E-state index contributed by atoms with van der Waals surface area (Å²) in [5, 5.41) is 0. The first-order chi connectivity index (χ1) is 13.7. The monoisotopic (exact) mass is 378 g/mol. The van der Waals surface area contributed by atoms with Crippen LogP contribution >= 0.6 is 0 Å². The van der Waals surface area contributed by atoms with Gasteiger partial charge >= 0.3 is 0 Å². The van der Waals surface area contributed by atoms with Crippen molar-refractivity contribution in [2.75, 3.05) is 62.4 Å². The fourth-order valence-electron chi connectivity index (χ4n) is 4.16. The number of hydrogen-bond donors (Lipinski definition) is 0. The van der Waals surface area contributed by atoms with Crippen molar-refractivity contribution in [3.63, 3.8) is 0 Å². The van der Waals surface area contributed by atoms with Crippen molar-refractivity contribution in [3.05, 3.63) is 58.7 Å². The first kappa shape index (κ1) is 17.4. The summed E-state index contributed by atoms with van der Waals surface area (Å²) in [5.41, 5.74) is 3.93. The molecule has 0 amide bonds. The van der Waals surface area contributed by atoms with Crippen LogP contribution in [0.4, 0.5) is 11.4 Å². The molecule has 0 saturated carbocycles. The van der Waals surface area contributed by atoms with Crippen molar-refractivity contribution in [1.29, 1.82) is 0 Å². The third-order valence-corrected chi connectivity index (χ3v) is 5.74. The number of anilines is 2. The van der Waals surface area contributed by atoms with Crippen LogP contribution in [0.3, 0.4) is 0 Å². The maximum atomic E-state index is 13.3. The lowest BCUT2D eigenvalue weighted by Gasteiger charge is -2.31. The first-order valence-electron chi connectivity index (χ1n) is 9.75. The van der Waals surface area contributed by atoms with Gasteiger partial charge in [0, 0.05) is 59.8 Å². The third-order valence-electron chi connectivity index (χ3n) is 5.74. The minimum Gasteiger partial charge on any atom is -0.378 e. The van der Waals surface area contributed by atoms with Gasteiger partial charge in [-0.05, 0) is 36.4 Å². The molecule has 1 aliphatic carbocycles. The Balaban J connectivity index is 1.52. The first-order valence-corrected chi connectivity index (χ1v) is 9.75. The molecule has 0 unspecified atom stereocenters. The lowest BCUT2D eigenvalue weighted by atomic mass is 9.83. The molecule has 144 valence electrons. The van der Waals surface area contributed by atoms with E-state index in [2.05, 4.69) is 9.80 Å². The van der Waals surface area contributed by atoms with Gasteiger partial charge in [0.25, 0.3) is 0 Å². The summed E-state index contributed by atoms with van der Waals surface area (Å²) >= 11 is 0. The average Bonchev–Trinajstić information content (AvgIpc) is 2.78. The van der Waals surface area contributed by atoms with Crippen molar-refractivity contribution >= 4 is 22.9 Å². The molecular formula is C22H22N2O4. The Kier molecular flexibility index (Phi) is 4.37.